The molecule has 1 aliphatic rings. The maximum Gasteiger partial charge on any atom is 0.120 e. The third kappa shape index (κ3) is 4.35. The number of fused-ring (bicyclic) bond motifs is 1. The lowest BCUT2D eigenvalue weighted by molar-refractivity contribution is 0.288. The largest absolute Gasteiger partial charge is 0.489 e. The topological polar surface area (TPSA) is 29.5 Å². The second-order valence-electron chi connectivity index (χ2n) is 7.27. The summed E-state index contributed by atoms with van der Waals surface area (Å²) in [4.78, 5) is 0. The molecule has 0 saturated heterocycles. The minimum absolute atomic E-state index is 0.245. The average Bonchev–Trinajstić information content (AvgIpc) is 2.77. The summed E-state index contributed by atoms with van der Waals surface area (Å²) < 4.78 is 6.01. The van der Waals surface area contributed by atoms with Crippen LogP contribution in [0, 0.1) is 0 Å². The highest BCUT2D eigenvalue weighted by Gasteiger charge is 2.15. The molecular formula is C26H26O2. The fourth-order valence-corrected chi connectivity index (χ4v) is 3.76. The van der Waals surface area contributed by atoms with E-state index in [1.165, 1.54) is 33.4 Å². The number of benzene rings is 3. The Hall–Kier alpha value is -2.84. The summed E-state index contributed by atoms with van der Waals surface area (Å²) in [6.45, 7) is 0.840. The lowest BCUT2D eigenvalue weighted by Gasteiger charge is -2.20. The Kier molecular flexibility index (Phi) is 5.89. The van der Waals surface area contributed by atoms with Gasteiger partial charge in [-0.3, -0.25) is 0 Å². The fraction of sp³-hybridized carbons (Fsp3) is 0.231. The van der Waals surface area contributed by atoms with E-state index < -0.39 is 0 Å². The van der Waals surface area contributed by atoms with Gasteiger partial charge < -0.3 is 9.84 Å². The molecule has 3 aromatic carbocycles. The maximum absolute atomic E-state index is 9.00. The van der Waals surface area contributed by atoms with Crippen LogP contribution in [0.15, 0.2) is 78.9 Å². The zero-order valence-corrected chi connectivity index (χ0v) is 16.1. The summed E-state index contributed by atoms with van der Waals surface area (Å²) in [6.07, 6.45) is 6.19. The molecule has 0 spiro atoms. The highest BCUT2D eigenvalue weighted by atomic mass is 16.5. The van der Waals surface area contributed by atoms with Gasteiger partial charge in [0.1, 0.15) is 12.4 Å². The minimum Gasteiger partial charge on any atom is -0.489 e. The first kappa shape index (κ1) is 18.5. The van der Waals surface area contributed by atoms with Crippen molar-refractivity contribution in [2.45, 2.75) is 32.3 Å². The van der Waals surface area contributed by atoms with Crippen LogP contribution in [0.4, 0.5) is 0 Å². The van der Waals surface area contributed by atoms with Crippen molar-refractivity contribution in [1.82, 2.24) is 0 Å². The smallest absolute Gasteiger partial charge is 0.120 e. The van der Waals surface area contributed by atoms with E-state index in [1.807, 2.05) is 18.2 Å². The molecule has 28 heavy (non-hydrogen) atoms. The Balaban J connectivity index is 1.50. The third-order valence-electron chi connectivity index (χ3n) is 5.27. The predicted octanol–water partition coefficient (Wildman–Crippen LogP) is 5.57. The molecule has 0 aliphatic heterocycles. The molecule has 4 rings (SSSR count). The van der Waals surface area contributed by atoms with Crippen LogP contribution in [-0.2, 0) is 19.4 Å². The second kappa shape index (κ2) is 8.90. The van der Waals surface area contributed by atoms with Crippen molar-refractivity contribution in [3.63, 3.8) is 0 Å². The van der Waals surface area contributed by atoms with Gasteiger partial charge in [0.2, 0.25) is 0 Å². The van der Waals surface area contributed by atoms with Gasteiger partial charge in [-0.05, 0) is 71.2 Å². The maximum atomic E-state index is 9.00. The van der Waals surface area contributed by atoms with Crippen LogP contribution in [0.25, 0.3) is 5.57 Å². The molecule has 142 valence electrons. The molecule has 2 nitrogen and oxygen atoms in total. The van der Waals surface area contributed by atoms with E-state index in [0.29, 0.717) is 6.61 Å². The molecule has 1 N–H and O–H groups in total. The number of hydrogen-bond acceptors (Lipinski definition) is 2. The first-order valence-electron chi connectivity index (χ1n) is 10.0. The van der Waals surface area contributed by atoms with Crippen LogP contribution in [0.1, 0.15) is 40.7 Å². The molecule has 2 heteroatoms. The van der Waals surface area contributed by atoms with Gasteiger partial charge in [-0.15, -0.1) is 0 Å². The highest BCUT2D eigenvalue weighted by Crippen LogP contribution is 2.34. The van der Waals surface area contributed by atoms with Crippen molar-refractivity contribution in [2.24, 2.45) is 0 Å². The van der Waals surface area contributed by atoms with Crippen molar-refractivity contribution < 1.29 is 9.84 Å². The van der Waals surface area contributed by atoms with E-state index in [-0.39, 0.29) is 6.61 Å². The van der Waals surface area contributed by atoms with Crippen LogP contribution in [0.5, 0.6) is 5.75 Å². The Morgan fingerprint density at radius 3 is 2.46 bits per heavy atom. The van der Waals surface area contributed by atoms with E-state index in [4.69, 9.17) is 9.84 Å². The van der Waals surface area contributed by atoms with Gasteiger partial charge in [0, 0.05) is 6.61 Å². The molecule has 3 aromatic rings. The van der Waals surface area contributed by atoms with Gasteiger partial charge in [-0.1, -0.05) is 66.7 Å². The summed E-state index contributed by atoms with van der Waals surface area (Å²) >= 11 is 0. The summed E-state index contributed by atoms with van der Waals surface area (Å²) in [5.41, 5.74) is 7.69. The van der Waals surface area contributed by atoms with E-state index in [2.05, 4.69) is 60.7 Å². The minimum atomic E-state index is 0.245. The summed E-state index contributed by atoms with van der Waals surface area (Å²) in [5, 5.41) is 9.00. The van der Waals surface area contributed by atoms with E-state index >= 15 is 0 Å². The second-order valence-corrected chi connectivity index (χ2v) is 7.27. The zero-order chi connectivity index (χ0) is 19.2. The average molecular weight is 370 g/mol. The third-order valence-corrected chi connectivity index (χ3v) is 5.27. The van der Waals surface area contributed by atoms with E-state index in [0.717, 1.165) is 31.4 Å². The van der Waals surface area contributed by atoms with Crippen LogP contribution in [0.3, 0.4) is 0 Å². The number of rotatable bonds is 7. The molecule has 0 saturated carbocycles. The van der Waals surface area contributed by atoms with Gasteiger partial charge in [-0.25, -0.2) is 0 Å². The molecule has 0 fully saturated rings. The Bertz CT molecular complexity index is 940. The SMILES string of the molecule is OCCCc1ccc(C2=CCCc3cc(OCc4ccccc4)ccc32)cc1. The molecule has 0 aromatic heterocycles. The first-order chi connectivity index (χ1) is 13.8. The van der Waals surface area contributed by atoms with Gasteiger partial charge >= 0.3 is 0 Å². The Morgan fingerprint density at radius 1 is 0.857 bits per heavy atom. The number of aliphatic hydroxyl groups is 1. The quantitative estimate of drug-likeness (QED) is 0.589. The van der Waals surface area contributed by atoms with Gasteiger partial charge in [0.25, 0.3) is 0 Å². The molecule has 0 atom stereocenters. The van der Waals surface area contributed by atoms with E-state index in [1.54, 1.807) is 0 Å². The normalized spacial score (nSPS) is 13.0. The first-order valence-corrected chi connectivity index (χ1v) is 10.0. The highest BCUT2D eigenvalue weighted by molar-refractivity contribution is 5.83. The van der Waals surface area contributed by atoms with Crippen LogP contribution < -0.4 is 4.74 Å². The molecular weight excluding hydrogens is 344 g/mol. The molecule has 0 heterocycles. The lowest BCUT2D eigenvalue weighted by atomic mass is 9.86. The summed E-state index contributed by atoms with van der Waals surface area (Å²) in [7, 11) is 0. The van der Waals surface area contributed by atoms with Gasteiger partial charge in [0.05, 0.1) is 0 Å². The Morgan fingerprint density at radius 2 is 1.68 bits per heavy atom. The monoisotopic (exact) mass is 370 g/mol. The number of aliphatic hydroxyl groups excluding tert-OH is 1. The molecule has 0 amide bonds. The lowest BCUT2D eigenvalue weighted by Crippen LogP contribution is -2.03. The molecule has 0 bridgehead atoms. The van der Waals surface area contributed by atoms with Crippen molar-refractivity contribution in [2.75, 3.05) is 6.61 Å². The molecule has 1 aliphatic carbocycles. The van der Waals surface area contributed by atoms with Crippen molar-refractivity contribution in [3.8, 4) is 5.75 Å². The number of hydrogen-bond donors (Lipinski definition) is 1. The zero-order valence-electron chi connectivity index (χ0n) is 16.1. The predicted molar refractivity (Wildman–Crippen MR) is 114 cm³/mol. The number of allylic oxidation sites excluding steroid dienone is 1. The van der Waals surface area contributed by atoms with E-state index in [9.17, 15) is 0 Å². The summed E-state index contributed by atoms with van der Waals surface area (Å²) in [5.74, 6) is 0.934. The molecule has 0 radical (unpaired) electrons. The number of ether oxygens (including phenoxy) is 1. The van der Waals surface area contributed by atoms with Crippen LogP contribution in [-0.4, -0.2) is 11.7 Å². The van der Waals surface area contributed by atoms with Gasteiger partial charge in [-0.2, -0.15) is 0 Å². The van der Waals surface area contributed by atoms with Crippen LogP contribution >= 0.6 is 0 Å². The molecule has 0 unspecified atom stereocenters. The summed E-state index contributed by atoms with van der Waals surface area (Å²) in [6, 6.07) is 25.5. The standard InChI is InChI=1S/C26H26O2/c27-17-5-8-20-11-13-22(14-12-20)25-10-4-9-23-18-24(15-16-26(23)25)28-19-21-6-2-1-3-7-21/h1-3,6-7,10-16,18,27H,4-5,8-9,17,19H2. The van der Waals surface area contributed by atoms with Crippen molar-refractivity contribution in [1.29, 1.82) is 0 Å². The number of aryl methyl sites for hydroxylation is 2. The van der Waals surface area contributed by atoms with Crippen LogP contribution in [0.2, 0.25) is 0 Å². The van der Waals surface area contributed by atoms with Crippen molar-refractivity contribution >= 4 is 5.57 Å². The van der Waals surface area contributed by atoms with Crippen molar-refractivity contribution in [3.05, 3.63) is 107 Å². The Labute approximate surface area is 167 Å². The van der Waals surface area contributed by atoms with Gasteiger partial charge in [0.15, 0.2) is 0 Å². The fourth-order valence-electron chi connectivity index (χ4n) is 3.76.